The second-order valence-electron chi connectivity index (χ2n) is 6.10. The minimum atomic E-state index is -0.994. The molecule has 1 fully saturated rings. The molecule has 1 amide bonds. The number of amides is 1. The molecule has 132 valence electrons. The lowest BCUT2D eigenvalue weighted by atomic mass is 9.78. The Morgan fingerprint density at radius 2 is 1.96 bits per heavy atom. The number of benzene rings is 1. The summed E-state index contributed by atoms with van der Waals surface area (Å²) in [5.41, 5.74) is -0.633. The van der Waals surface area contributed by atoms with Gasteiger partial charge in [0.2, 0.25) is 0 Å². The topological polar surface area (TPSA) is 64.6 Å². The summed E-state index contributed by atoms with van der Waals surface area (Å²) in [7, 11) is 1.54. The molecule has 0 spiro atoms. The number of carbonyl (C=O) groups excluding carboxylic acids is 2. The fraction of sp³-hybridized carbons (Fsp3) is 0.556. The average molecular weight is 337 g/mol. The molecule has 0 aliphatic heterocycles. The Kier molecular flexibility index (Phi) is 6.31. The zero-order valence-corrected chi connectivity index (χ0v) is 14.1. The summed E-state index contributed by atoms with van der Waals surface area (Å²) in [5, 5.41) is 2.63. The van der Waals surface area contributed by atoms with Gasteiger partial charge in [0.05, 0.1) is 12.0 Å². The van der Waals surface area contributed by atoms with Gasteiger partial charge >= 0.3 is 5.97 Å². The fourth-order valence-electron chi connectivity index (χ4n) is 3.16. The molecule has 1 saturated carbocycles. The standard InChI is InChI=1S/C18H24FNO4/c1-13(16(21)20-11-12-23-2)24-17(22)18(9-5-6-10-18)14-7-3-4-8-15(14)19/h3-4,7-8,13H,5-6,9-12H2,1-2H3,(H,20,21)/t13-/m1/s1. The van der Waals surface area contributed by atoms with E-state index in [-0.39, 0.29) is 5.91 Å². The van der Waals surface area contributed by atoms with E-state index in [0.29, 0.717) is 31.6 Å². The molecule has 0 unspecified atom stereocenters. The van der Waals surface area contributed by atoms with E-state index in [0.717, 1.165) is 12.8 Å². The molecule has 24 heavy (non-hydrogen) atoms. The number of rotatable bonds is 7. The molecule has 0 bridgehead atoms. The smallest absolute Gasteiger partial charge is 0.317 e. The van der Waals surface area contributed by atoms with E-state index >= 15 is 0 Å². The number of methoxy groups -OCH3 is 1. The minimum Gasteiger partial charge on any atom is -0.452 e. The monoisotopic (exact) mass is 337 g/mol. The third-order valence-electron chi connectivity index (χ3n) is 4.50. The van der Waals surface area contributed by atoms with Gasteiger partial charge in [0.1, 0.15) is 5.82 Å². The summed E-state index contributed by atoms with van der Waals surface area (Å²) < 4.78 is 24.5. The molecule has 0 saturated heterocycles. The molecular weight excluding hydrogens is 313 g/mol. The Bertz CT molecular complexity index is 584. The molecule has 1 aliphatic rings. The highest BCUT2D eigenvalue weighted by molar-refractivity contribution is 5.88. The van der Waals surface area contributed by atoms with Crippen molar-refractivity contribution in [3.63, 3.8) is 0 Å². The van der Waals surface area contributed by atoms with Gasteiger partial charge < -0.3 is 14.8 Å². The highest BCUT2D eigenvalue weighted by Gasteiger charge is 2.46. The minimum absolute atomic E-state index is 0.343. The van der Waals surface area contributed by atoms with Gasteiger partial charge in [-0.25, -0.2) is 4.39 Å². The van der Waals surface area contributed by atoms with E-state index in [4.69, 9.17) is 9.47 Å². The maximum atomic E-state index is 14.2. The Hall–Kier alpha value is -1.95. The summed E-state index contributed by atoms with van der Waals surface area (Å²) in [5.74, 6) is -1.32. The quantitative estimate of drug-likeness (QED) is 0.613. The van der Waals surface area contributed by atoms with Crippen molar-refractivity contribution < 1.29 is 23.5 Å². The van der Waals surface area contributed by atoms with Crippen LogP contribution in [0.4, 0.5) is 4.39 Å². The molecule has 1 aliphatic carbocycles. The van der Waals surface area contributed by atoms with Crippen molar-refractivity contribution >= 4 is 11.9 Å². The molecule has 6 heteroatoms. The maximum Gasteiger partial charge on any atom is 0.317 e. The van der Waals surface area contributed by atoms with Crippen LogP contribution in [0.1, 0.15) is 38.2 Å². The van der Waals surface area contributed by atoms with Crippen molar-refractivity contribution in [2.75, 3.05) is 20.3 Å². The molecular formula is C18H24FNO4. The second kappa shape index (κ2) is 8.24. The molecule has 0 aromatic heterocycles. The zero-order valence-electron chi connectivity index (χ0n) is 14.1. The van der Waals surface area contributed by atoms with Crippen LogP contribution in [0.2, 0.25) is 0 Å². The third kappa shape index (κ3) is 3.93. The van der Waals surface area contributed by atoms with Crippen molar-refractivity contribution in [1.82, 2.24) is 5.32 Å². The van der Waals surface area contributed by atoms with Crippen molar-refractivity contribution in [2.24, 2.45) is 0 Å². The number of ether oxygens (including phenoxy) is 2. The number of hydrogen-bond donors (Lipinski definition) is 1. The summed E-state index contributed by atoms with van der Waals surface area (Å²) in [6.07, 6.45) is 1.80. The second-order valence-corrected chi connectivity index (χ2v) is 6.10. The Morgan fingerprint density at radius 1 is 1.29 bits per heavy atom. The van der Waals surface area contributed by atoms with Crippen molar-refractivity contribution in [2.45, 2.75) is 44.1 Å². The molecule has 1 atom stereocenters. The molecule has 0 radical (unpaired) electrons. The van der Waals surface area contributed by atoms with Gasteiger partial charge in [-0.3, -0.25) is 9.59 Å². The van der Waals surface area contributed by atoms with E-state index in [2.05, 4.69) is 5.32 Å². The lowest BCUT2D eigenvalue weighted by Gasteiger charge is -2.29. The van der Waals surface area contributed by atoms with E-state index < -0.39 is 23.3 Å². The Balaban J connectivity index is 2.10. The Labute approximate surface area is 141 Å². The first-order chi connectivity index (χ1) is 11.5. The van der Waals surface area contributed by atoms with Gasteiger partial charge in [0.25, 0.3) is 5.91 Å². The predicted octanol–water partition coefficient (Wildman–Crippen LogP) is 2.33. The Morgan fingerprint density at radius 3 is 2.58 bits per heavy atom. The van der Waals surface area contributed by atoms with Crippen LogP contribution in [0.3, 0.4) is 0 Å². The summed E-state index contributed by atoms with van der Waals surface area (Å²) in [6, 6.07) is 6.29. The number of nitrogens with one attached hydrogen (secondary N) is 1. The normalized spacial score (nSPS) is 17.3. The van der Waals surface area contributed by atoms with E-state index in [1.54, 1.807) is 18.2 Å². The van der Waals surface area contributed by atoms with Crippen LogP contribution in [0.5, 0.6) is 0 Å². The van der Waals surface area contributed by atoms with Crippen LogP contribution in [-0.2, 0) is 24.5 Å². The summed E-state index contributed by atoms with van der Waals surface area (Å²) in [6.45, 7) is 2.24. The highest BCUT2D eigenvalue weighted by Crippen LogP contribution is 2.43. The van der Waals surface area contributed by atoms with Gasteiger partial charge in [-0.05, 0) is 25.8 Å². The number of esters is 1. The van der Waals surface area contributed by atoms with Crippen molar-refractivity contribution in [3.05, 3.63) is 35.6 Å². The van der Waals surface area contributed by atoms with E-state index in [1.807, 2.05) is 0 Å². The average Bonchev–Trinajstić information content (AvgIpc) is 3.06. The molecule has 1 N–H and O–H groups in total. The van der Waals surface area contributed by atoms with Crippen molar-refractivity contribution in [1.29, 1.82) is 0 Å². The van der Waals surface area contributed by atoms with Crippen molar-refractivity contribution in [3.8, 4) is 0 Å². The van der Waals surface area contributed by atoms with Crippen LogP contribution < -0.4 is 5.32 Å². The number of halogens is 1. The zero-order chi connectivity index (χ0) is 17.6. The van der Waals surface area contributed by atoms with Gasteiger partial charge in [-0.15, -0.1) is 0 Å². The van der Waals surface area contributed by atoms with Crippen LogP contribution in [0, 0.1) is 5.82 Å². The van der Waals surface area contributed by atoms with Crippen LogP contribution >= 0.6 is 0 Å². The van der Waals surface area contributed by atoms with E-state index in [9.17, 15) is 14.0 Å². The first kappa shape index (κ1) is 18.4. The fourth-order valence-corrected chi connectivity index (χ4v) is 3.16. The lowest BCUT2D eigenvalue weighted by Crippen LogP contribution is -2.42. The summed E-state index contributed by atoms with van der Waals surface area (Å²) >= 11 is 0. The first-order valence-electron chi connectivity index (χ1n) is 8.24. The molecule has 1 aromatic rings. The first-order valence-corrected chi connectivity index (χ1v) is 8.24. The van der Waals surface area contributed by atoms with Crippen LogP contribution in [-0.4, -0.2) is 38.2 Å². The van der Waals surface area contributed by atoms with Crippen LogP contribution in [0.15, 0.2) is 24.3 Å². The van der Waals surface area contributed by atoms with E-state index in [1.165, 1.54) is 20.1 Å². The number of hydrogen-bond acceptors (Lipinski definition) is 4. The van der Waals surface area contributed by atoms with Gasteiger partial charge in [-0.2, -0.15) is 0 Å². The molecule has 1 aromatic carbocycles. The molecule has 2 rings (SSSR count). The van der Waals surface area contributed by atoms with Gasteiger partial charge in [0, 0.05) is 19.2 Å². The SMILES string of the molecule is COCCNC(=O)[C@@H](C)OC(=O)C1(c2ccccc2F)CCCC1. The highest BCUT2D eigenvalue weighted by atomic mass is 19.1. The third-order valence-corrected chi connectivity index (χ3v) is 4.50. The van der Waals surface area contributed by atoms with Crippen LogP contribution in [0.25, 0.3) is 0 Å². The molecule has 5 nitrogen and oxygen atoms in total. The molecule has 0 heterocycles. The summed E-state index contributed by atoms with van der Waals surface area (Å²) in [4.78, 5) is 24.7. The largest absolute Gasteiger partial charge is 0.452 e. The number of carbonyl (C=O) groups is 2. The maximum absolute atomic E-state index is 14.2. The predicted molar refractivity (Wildman–Crippen MR) is 87.0 cm³/mol. The van der Waals surface area contributed by atoms with Gasteiger partial charge in [0.15, 0.2) is 6.10 Å². The lowest BCUT2D eigenvalue weighted by molar-refractivity contribution is -0.160. The van der Waals surface area contributed by atoms with Gasteiger partial charge in [-0.1, -0.05) is 31.0 Å².